The fourth-order valence-corrected chi connectivity index (χ4v) is 1.27. The Morgan fingerprint density at radius 2 is 1.75 bits per heavy atom. The van der Waals surface area contributed by atoms with Crippen molar-refractivity contribution in [2.24, 2.45) is 17.3 Å². The van der Waals surface area contributed by atoms with E-state index in [0.717, 1.165) is 0 Å². The van der Waals surface area contributed by atoms with E-state index in [1.54, 1.807) is 0 Å². The van der Waals surface area contributed by atoms with Crippen LogP contribution in [0.25, 0.3) is 0 Å². The maximum Gasteiger partial charge on any atom is 0.220 e. The zero-order valence-electron chi connectivity index (χ0n) is 11.5. The zero-order valence-corrected chi connectivity index (χ0v) is 11.5. The lowest BCUT2D eigenvalue weighted by molar-refractivity contribution is -0.124. The lowest BCUT2D eigenvalue weighted by atomic mass is 9.80. The van der Waals surface area contributed by atoms with Crippen molar-refractivity contribution in [1.82, 2.24) is 5.32 Å². The van der Waals surface area contributed by atoms with E-state index in [2.05, 4.69) is 33.0 Å². The molecule has 0 rings (SSSR count). The van der Waals surface area contributed by atoms with Gasteiger partial charge in [0.15, 0.2) is 0 Å². The van der Waals surface area contributed by atoms with Gasteiger partial charge in [0.05, 0.1) is 12.6 Å². The SMILES string of the molecule is CC(C)C(CO)NC(=O)CC(C)C(C)(C)C. The zero-order chi connectivity index (χ0) is 12.9. The summed E-state index contributed by atoms with van der Waals surface area (Å²) in [5.41, 5.74) is 0.143. The van der Waals surface area contributed by atoms with Gasteiger partial charge >= 0.3 is 0 Å². The Hall–Kier alpha value is -0.570. The summed E-state index contributed by atoms with van der Waals surface area (Å²) in [5.74, 6) is 0.632. The van der Waals surface area contributed by atoms with Crippen LogP contribution in [0.15, 0.2) is 0 Å². The summed E-state index contributed by atoms with van der Waals surface area (Å²) < 4.78 is 0. The van der Waals surface area contributed by atoms with Crippen LogP contribution in [0.3, 0.4) is 0 Å². The normalized spacial score (nSPS) is 16.0. The summed E-state index contributed by atoms with van der Waals surface area (Å²) >= 11 is 0. The van der Waals surface area contributed by atoms with Gasteiger partial charge < -0.3 is 10.4 Å². The third-order valence-corrected chi connectivity index (χ3v) is 3.32. The smallest absolute Gasteiger partial charge is 0.220 e. The fourth-order valence-electron chi connectivity index (χ4n) is 1.27. The molecule has 2 unspecified atom stereocenters. The van der Waals surface area contributed by atoms with E-state index >= 15 is 0 Å². The first-order chi connectivity index (χ1) is 7.18. The molecule has 0 aliphatic carbocycles. The molecule has 3 heteroatoms. The Morgan fingerprint density at radius 1 is 1.25 bits per heavy atom. The van der Waals surface area contributed by atoms with E-state index in [1.807, 2.05) is 13.8 Å². The Morgan fingerprint density at radius 3 is 2.06 bits per heavy atom. The number of carbonyl (C=O) groups excluding carboxylic acids is 1. The predicted molar refractivity (Wildman–Crippen MR) is 67.1 cm³/mol. The van der Waals surface area contributed by atoms with Gasteiger partial charge in [0.2, 0.25) is 5.91 Å². The molecular formula is C13H27NO2. The van der Waals surface area contributed by atoms with Crippen LogP contribution in [0.4, 0.5) is 0 Å². The van der Waals surface area contributed by atoms with Crippen LogP contribution in [0, 0.1) is 17.3 Å². The van der Waals surface area contributed by atoms with E-state index in [9.17, 15) is 4.79 Å². The molecule has 0 aromatic heterocycles. The Bertz CT molecular complexity index is 212. The first kappa shape index (κ1) is 15.4. The first-order valence-electron chi connectivity index (χ1n) is 6.08. The summed E-state index contributed by atoms with van der Waals surface area (Å²) in [4.78, 5) is 11.8. The van der Waals surface area contributed by atoms with Crippen LogP contribution in [0.5, 0.6) is 0 Å². The summed E-state index contributed by atoms with van der Waals surface area (Å²) in [7, 11) is 0. The second-order valence-corrected chi connectivity index (χ2v) is 6.07. The Labute approximate surface area is 99.6 Å². The van der Waals surface area contributed by atoms with E-state index in [1.165, 1.54) is 0 Å². The van der Waals surface area contributed by atoms with Crippen LogP contribution in [-0.4, -0.2) is 23.7 Å². The summed E-state index contributed by atoms with van der Waals surface area (Å²) in [6.45, 7) is 12.5. The first-order valence-corrected chi connectivity index (χ1v) is 6.08. The van der Waals surface area contributed by atoms with Crippen LogP contribution in [-0.2, 0) is 4.79 Å². The van der Waals surface area contributed by atoms with Gasteiger partial charge in [0.25, 0.3) is 0 Å². The highest BCUT2D eigenvalue weighted by atomic mass is 16.3. The maximum absolute atomic E-state index is 11.8. The van der Waals surface area contributed by atoms with Crippen molar-refractivity contribution in [3.05, 3.63) is 0 Å². The van der Waals surface area contributed by atoms with Crippen molar-refractivity contribution < 1.29 is 9.90 Å². The van der Waals surface area contributed by atoms with Crippen LogP contribution < -0.4 is 5.32 Å². The molecule has 0 aliphatic heterocycles. The highest BCUT2D eigenvalue weighted by Crippen LogP contribution is 2.27. The third-order valence-electron chi connectivity index (χ3n) is 3.32. The molecule has 0 heterocycles. The minimum atomic E-state index is -0.125. The molecule has 2 atom stereocenters. The molecule has 2 N–H and O–H groups in total. The highest BCUT2D eigenvalue weighted by Gasteiger charge is 2.24. The molecule has 0 saturated heterocycles. The van der Waals surface area contributed by atoms with Crippen molar-refractivity contribution >= 4 is 5.91 Å². The molecule has 1 amide bonds. The number of hydrogen-bond acceptors (Lipinski definition) is 2. The molecular weight excluding hydrogens is 202 g/mol. The number of aliphatic hydroxyl groups is 1. The molecule has 3 nitrogen and oxygen atoms in total. The highest BCUT2D eigenvalue weighted by molar-refractivity contribution is 5.76. The second kappa shape index (κ2) is 6.24. The average Bonchev–Trinajstić information content (AvgIpc) is 2.11. The number of nitrogens with one attached hydrogen (secondary N) is 1. The third kappa shape index (κ3) is 5.50. The molecule has 0 aliphatic rings. The monoisotopic (exact) mass is 229 g/mol. The van der Waals surface area contributed by atoms with Crippen LogP contribution in [0.2, 0.25) is 0 Å². The van der Waals surface area contributed by atoms with Crippen LogP contribution in [0.1, 0.15) is 48.0 Å². The Kier molecular flexibility index (Phi) is 6.01. The fraction of sp³-hybridized carbons (Fsp3) is 0.923. The van der Waals surface area contributed by atoms with Crippen LogP contribution >= 0.6 is 0 Å². The molecule has 0 aromatic carbocycles. The minimum absolute atomic E-state index is 0.00725. The molecule has 16 heavy (non-hydrogen) atoms. The summed E-state index contributed by atoms with van der Waals surface area (Å²) in [6.07, 6.45) is 0.521. The average molecular weight is 229 g/mol. The molecule has 0 spiro atoms. The standard InChI is InChI=1S/C13H27NO2/c1-9(2)11(8-15)14-12(16)7-10(3)13(4,5)6/h9-11,15H,7-8H2,1-6H3,(H,14,16). The maximum atomic E-state index is 11.8. The Balaban J connectivity index is 4.18. The van der Waals surface area contributed by atoms with Gasteiger partial charge in [0, 0.05) is 6.42 Å². The van der Waals surface area contributed by atoms with Crippen molar-refractivity contribution in [3.8, 4) is 0 Å². The number of hydrogen-bond donors (Lipinski definition) is 2. The second-order valence-electron chi connectivity index (χ2n) is 6.07. The molecule has 0 bridgehead atoms. The molecule has 0 fully saturated rings. The summed E-state index contributed by atoms with van der Waals surface area (Å²) in [6, 6.07) is -0.125. The van der Waals surface area contributed by atoms with Gasteiger partial charge in [0.1, 0.15) is 0 Å². The molecule has 0 saturated carbocycles. The lowest BCUT2D eigenvalue weighted by Gasteiger charge is -2.28. The number of carbonyl (C=O) groups is 1. The van der Waals surface area contributed by atoms with E-state index in [4.69, 9.17) is 5.11 Å². The number of aliphatic hydroxyl groups excluding tert-OH is 1. The van der Waals surface area contributed by atoms with Crippen molar-refractivity contribution in [3.63, 3.8) is 0 Å². The largest absolute Gasteiger partial charge is 0.394 e. The molecule has 0 aromatic rings. The van der Waals surface area contributed by atoms with Gasteiger partial charge in [-0.1, -0.05) is 41.5 Å². The van der Waals surface area contributed by atoms with Crippen molar-refractivity contribution in [2.45, 2.75) is 54.0 Å². The summed E-state index contributed by atoms with van der Waals surface area (Å²) in [5, 5.41) is 12.0. The quantitative estimate of drug-likeness (QED) is 0.759. The minimum Gasteiger partial charge on any atom is -0.394 e. The van der Waals surface area contributed by atoms with Gasteiger partial charge in [-0.2, -0.15) is 0 Å². The van der Waals surface area contributed by atoms with E-state index in [0.29, 0.717) is 12.3 Å². The van der Waals surface area contributed by atoms with E-state index < -0.39 is 0 Å². The van der Waals surface area contributed by atoms with Gasteiger partial charge in [-0.3, -0.25) is 4.79 Å². The van der Waals surface area contributed by atoms with Crippen molar-refractivity contribution in [1.29, 1.82) is 0 Å². The van der Waals surface area contributed by atoms with Gasteiger partial charge in [-0.05, 0) is 17.3 Å². The molecule has 0 radical (unpaired) electrons. The molecule has 96 valence electrons. The topological polar surface area (TPSA) is 49.3 Å². The van der Waals surface area contributed by atoms with Crippen molar-refractivity contribution in [2.75, 3.05) is 6.61 Å². The van der Waals surface area contributed by atoms with E-state index in [-0.39, 0.29) is 29.9 Å². The van der Waals surface area contributed by atoms with Gasteiger partial charge in [-0.15, -0.1) is 0 Å². The number of rotatable bonds is 5. The van der Waals surface area contributed by atoms with Gasteiger partial charge in [-0.25, -0.2) is 0 Å². The lowest BCUT2D eigenvalue weighted by Crippen LogP contribution is -2.42. The predicted octanol–water partition coefficient (Wildman–Crippen LogP) is 2.19. The number of amides is 1.